The van der Waals surface area contributed by atoms with Gasteiger partial charge < -0.3 is 5.73 Å². The van der Waals surface area contributed by atoms with Crippen molar-refractivity contribution < 1.29 is 4.79 Å². The summed E-state index contributed by atoms with van der Waals surface area (Å²) in [5, 5.41) is 0. The van der Waals surface area contributed by atoms with Crippen LogP contribution in [-0.2, 0) is 0 Å². The van der Waals surface area contributed by atoms with Crippen LogP contribution in [0.3, 0.4) is 0 Å². The van der Waals surface area contributed by atoms with Gasteiger partial charge >= 0.3 is 0 Å². The zero-order valence-corrected chi connectivity index (χ0v) is 9.05. The van der Waals surface area contributed by atoms with E-state index < -0.39 is 0 Å². The molecule has 2 nitrogen and oxygen atoms in total. The summed E-state index contributed by atoms with van der Waals surface area (Å²) in [5.41, 5.74) is 9.31. The van der Waals surface area contributed by atoms with Gasteiger partial charge in [0.2, 0.25) is 0 Å². The Kier molecular flexibility index (Phi) is 3.28. The average Bonchev–Trinajstić information content (AvgIpc) is 2.11. The molecule has 1 aromatic rings. The topological polar surface area (TPSA) is 43.1 Å². The van der Waals surface area contributed by atoms with Crippen LogP contribution in [0.25, 0.3) is 0 Å². The highest BCUT2D eigenvalue weighted by molar-refractivity contribution is 5.98. The lowest BCUT2D eigenvalue weighted by Crippen LogP contribution is -2.03. The molecule has 76 valence electrons. The summed E-state index contributed by atoms with van der Waals surface area (Å²) in [6.07, 6.45) is 1.48. The van der Waals surface area contributed by atoms with E-state index >= 15 is 0 Å². The zero-order valence-electron chi connectivity index (χ0n) is 9.05. The van der Waals surface area contributed by atoms with Gasteiger partial charge in [-0.25, -0.2) is 0 Å². The fourth-order valence-corrected chi connectivity index (χ4v) is 1.53. The predicted molar refractivity (Wildman–Crippen MR) is 59.6 cm³/mol. The number of benzene rings is 1. The highest BCUT2D eigenvalue weighted by Gasteiger charge is 2.09. The molecule has 0 aliphatic heterocycles. The van der Waals surface area contributed by atoms with Crippen molar-refractivity contribution in [2.75, 3.05) is 5.73 Å². The van der Waals surface area contributed by atoms with Crippen molar-refractivity contribution in [3.63, 3.8) is 0 Å². The molecule has 0 radical (unpaired) electrons. The van der Waals surface area contributed by atoms with Crippen molar-refractivity contribution in [3.05, 3.63) is 28.8 Å². The Balaban J connectivity index is 3.09. The van der Waals surface area contributed by atoms with Crippen LogP contribution in [0.5, 0.6) is 0 Å². The maximum Gasteiger partial charge on any atom is 0.163 e. The minimum atomic E-state index is 0.191. The summed E-state index contributed by atoms with van der Waals surface area (Å²) in [4.78, 5) is 11.7. The second kappa shape index (κ2) is 4.27. The molecule has 0 heterocycles. The molecule has 0 unspecified atom stereocenters. The van der Waals surface area contributed by atoms with Crippen LogP contribution in [0.1, 0.15) is 41.3 Å². The maximum atomic E-state index is 11.7. The summed E-state index contributed by atoms with van der Waals surface area (Å²) in [7, 11) is 0. The van der Waals surface area contributed by atoms with Crippen LogP contribution >= 0.6 is 0 Å². The zero-order chi connectivity index (χ0) is 10.7. The van der Waals surface area contributed by atoms with Gasteiger partial charge in [0.1, 0.15) is 0 Å². The Morgan fingerprint density at radius 3 is 2.50 bits per heavy atom. The number of hydrogen-bond acceptors (Lipinski definition) is 2. The number of carbonyl (C=O) groups excluding carboxylic acids is 1. The van der Waals surface area contributed by atoms with Gasteiger partial charge in [0.15, 0.2) is 5.78 Å². The molecule has 0 aliphatic carbocycles. The van der Waals surface area contributed by atoms with E-state index in [1.165, 1.54) is 0 Å². The number of aryl methyl sites for hydroxylation is 2. The second-order valence-corrected chi connectivity index (χ2v) is 3.70. The Morgan fingerprint density at radius 2 is 1.93 bits per heavy atom. The molecule has 1 rings (SSSR count). The van der Waals surface area contributed by atoms with Crippen molar-refractivity contribution >= 4 is 11.5 Å². The second-order valence-electron chi connectivity index (χ2n) is 3.70. The third kappa shape index (κ3) is 2.13. The molecule has 0 saturated carbocycles. The molecule has 0 amide bonds. The fourth-order valence-electron chi connectivity index (χ4n) is 1.53. The van der Waals surface area contributed by atoms with Crippen molar-refractivity contribution in [2.24, 2.45) is 0 Å². The van der Waals surface area contributed by atoms with Gasteiger partial charge in [0.05, 0.1) is 0 Å². The van der Waals surface area contributed by atoms with Gasteiger partial charge in [0.25, 0.3) is 0 Å². The average molecular weight is 191 g/mol. The van der Waals surface area contributed by atoms with E-state index in [0.717, 1.165) is 23.1 Å². The number of nitrogen functional groups attached to an aromatic ring is 1. The monoisotopic (exact) mass is 191 g/mol. The van der Waals surface area contributed by atoms with Gasteiger partial charge in [-0.15, -0.1) is 0 Å². The molecule has 0 saturated heterocycles. The van der Waals surface area contributed by atoms with Gasteiger partial charge in [-0.05, 0) is 37.5 Å². The highest BCUT2D eigenvalue weighted by atomic mass is 16.1. The number of nitrogens with two attached hydrogens (primary N) is 1. The van der Waals surface area contributed by atoms with Crippen molar-refractivity contribution in [2.45, 2.75) is 33.6 Å². The van der Waals surface area contributed by atoms with E-state index in [0.29, 0.717) is 12.1 Å². The first-order chi connectivity index (χ1) is 6.56. The van der Waals surface area contributed by atoms with Crippen molar-refractivity contribution in [1.82, 2.24) is 0 Å². The van der Waals surface area contributed by atoms with Crippen LogP contribution in [0, 0.1) is 13.8 Å². The third-order valence-corrected chi connectivity index (χ3v) is 2.39. The van der Waals surface area contributed by atoms with Gasteiger partial charge in [0, 0.05) is 17.7 Å². The Hall–Kier alpha value is -1.31. The number of anilines is 1. The lowest BCUT2D eigenvalue weighted by Gasteiger charge is -2.07. The standard InChI is InChI=1S/C12H17NO/c1-4-5-12(14)10-7-11(13)9(3)6-8(10)2/h6-7H,4-5,13H2,1-3H3. The molecule has 0 bridgehead atoms. The molecule has 14 heavy (non-hydrogen) atoms. The first kappa shape index (κ1) is 10.8. The van der Waals surface area contributed by atoms with Gasteiger partial charge in [-0.2, -0.15) is 0 Å². The summed E-state index contributed by atoms with van der Waals surface area (Å²) < 4.78 is 0. The molecular weight excluding hydrogens is 174 g/mol. The van der Waals surface area contributed by atoms with E-state index in [4.69, 9.17) is 5.73 Å². The van der Waals surface area contributed by atoms with E-state index in [9.17, 15) is 4.79 Å². The van der Waals surface area contributed by atoms with Crippen LogP contribution in [0.4, 0.5) is 5.69 Å². The molecule has 0 spiro atoms. The quantitative estimate of drug-likeness (QED) is 0.589. The van der Waals surface area contributed by atoms with E-state index in [2.05, 4.69) is 0 Å². The fraction of sp³-hybridized carbons (Fsp3) is 0.417. The van der Waals surface area contributed by atoms with Crippen LogP contribution in [0.2, 0.25) is 0 Å². The smallest absolute Gasteiger partial charge is 0.163 e. The molecule has 1 aromatic carbocycles. The summed E-state index contributed by atoms with van der Waals surface area (Å²) in [5.74, 6) is 0.191. The number of hydrogen-bond donors (Lipinski definition) is 1. The minimum Gasteiger partial charge on any atom is -0.398 e. The Labute approximate surface area is 85.1 Å². The molecule has 2 N–H and O–H groups in total. The SMILES string of the molecule is CCCC(=O)c1cc(N)c(C)cc1C. The summed E-state index contributed by atoms with van der Waals surface area (Å²) in [6.45, 7) is 5.91. The number of Topliss-reactive ketones (excluding diaryl/α,β-unsaturated/α-hetero) is 1. The summed E-state index contributed by atoms with van der Waals surface area (Å²) in [6, 6.07) is 3.76. The lowest BCUT2D eigenvalue weighted by molar-refractivity contribution is 0.0981. The first-order valence-electron chi connectivity index (χ1n) is 4.96. The molecule has 0 aromatic heterocycles. The highest BCUT2D eigenvalue weighted by Crippen LogP contribution is 2.19. The number of ketones is 1. The molecule has 2 heteroatoms. The van der Waals surface area contributed by atoms with Crippen LogP contribution in [-0.4, -0.2) is 5.78 Å². The largest absolute Gasteiger partial charge is 0.398 e. The van der Waals surface area contributed by atoms with Gasteiger partial charge in [-0.3, -0.25) is 4.79 Å². The molecule has 0 fully saturated rings. The number of rotatable bonds is 3. The molecule has 0 atom stereocenters. The summed E-state index contributed by atoms with van der Waals surface area (Å²) >= 11 is 0. The lowest BCUT2D eigenvalue weighted by atomic mass is 9.98. The first-order valence-corrected chi connectivity index (χ1v) is 4.96. The van der Waals surface area contributed by atoms with E-state index in [1.54, 1.807) is 6.07 Å². The normalized spacial score (nSPS) is 10.2. The van der Waals surface area contributed by atoms with Crippen molar-refractivity contribution in [1.29, 1.82) is 0 Å². The molecular formula is C12H17NO. The number of carbonyl (C=O) groups is 1. The van der Waals surface area contributed by atoms with Gasteiger partial charge in [-0.1, -0.05) is 13.0 Å². The Bertz CT molecular complexity index is 356. The minimum absolute atomic E-state index is 0.191. The van der Waals surface area contributed by atoms with Crippen molar-refractivity contribution in [3.8, 4) is 0 Å². The van der Waals surface area contributed by atoms with Crippen LogP contribution < -0.4 is 5.73 Å². The predicted octanol–water partition coefficient (Wildman–Crippen LogP) is 2.87. The molecule has 0 aliphatic rings. The van der Waals surface area contributed by atoms with Crippen LogP contribution in [0.15, 0.2) is 12.1 Å². The maximum absolute atomic E-state index is 11.7. The Morgan fingerprint density at radius 1 is 1.29 bits per heavy atom. The third-order valence-electron chi connectivity index (χ3n) is 2.39. The van der Waals surface area contributed by atoms with E-state index in [-0.39, 0.29) is 5.78 Å². The van der Waals surface area contributed by atoms with E-state index in [1.807, 2.05) is 26.8 Å².